The number of carbonyl (C=O) groups is 1. The van der Waals surface area contributed by atoms with Crippen LogP contribution in [0.5, 0.6) is 0 Å². The Morgan fingerprint density at radius 3 is 3.00 bits per heavy atom. The molecule has 84 valence electrons. The number of ether oxygens (including phenoxy) is 1. The van der Waals surface area contributed by atoms with Gasteiger partial charge in [0.25, 0.3) is 0 Å². The van der Waals surface area contributed by atoms with Crippen molar-refractivity contribution < 1.29 is 9.53 Å². The smallest absolute Gasteiger partial charge is 0.307 e. The van der Waals surface area contributed by atoms with Gasteiger partial charge in [-0.15, -0.1) is 0 Å². The molecule has 16 heavy (non-hydrogen) atoms. The van der Waals surface area contributed by atoms with Gasteiger partial charge in [0.2, 0.25) is 0 Å². The number of rotatable bonds is 3. The van der Waals surface area contributed by atoms with Gasteiger partial charge in [-0.3, -0.25) is 4.79 Å². The summed E-state index contributed by atoms with van der Waals surface area (Å²) in [7, 11) is 1.39. The van der Waals surface area contributed by atoms with Crippen molar-refractivity contribution >= 4 is 22.6 Å². The van der Waals surface area contributed by atoms with Crippen molar-refractivity contribution in [3.8, 4) is 0 Å². The molecule has 0 spiro atoms. The highest BCUT2D eigenvalue weighted by atomic mass is 16.5. The second kappa shape index (κ2) is 4.26. The van der Waals surface area contributed by atoms with Gasteiger partial charge in [-0.2, -0.15) is 0 Å². The van der Waals surface area contributed by atoms with E-state index < -0.39 is 0 Å². The zero-order chi connectivity index (χ0) is 11.5. The minimum absolute atomic E-state index is 0.212. The van der Waals surface area contributed by atoms with Crippen molar-refractivity contribution in [3.05, 3.63) is 30.5 Å². The van der Waals surface area contributed by atoms with Gasteiger partial charge in [-0.25, -0.2) is 0 Å². The van der Waals surface area contributed by atoms with Crippen molar-refractivity contribution in [2.24, 2.45) is 0 Å². The molecule has 0 atom stereocenters. The molecule has 0 amide bonds. The minimum Gasteiger partial charge on any atom is -0.469 e. The number of anilines is 1. The van der Waals surface area contributed by atoms with E-state index >= 15 is 0 Å². The summed E-state index contributed by atoms with van der Waals surface area (Å²) in [5.74, 6) is -0.212. The van der Waals surface area contributed by atoms with Crippen LogP contribution in [0, 0.1) is 0 Å². The Kier molecular flexibility index (Phi) is 2.81. The number of aryl methyl sites for hydroxylation is 1. The van der Waals surface area contributed by atoms with Crippen molar-refractivity contribution in [3.63, 3.8) is 0 Å². The Hall–Kier alpha value is -1.97. The SMILES string of the molecule is COC(=O)CCn1ccc2cccc(N)c21. The van der Waals surface area contributed by atoms with E-state index in [1.54, 1.807) is 0 Å². The molecule has 0 fully saturated rings. The highest BCUT2D eigenvalue weighted by Crippen LogP contribution is 2.22. The average molecular weight is 218 g/mol. The van der Waals surface area contributed by atoms with Gasteiger partial charge < -0.3 is 15.0 Å². The van der Waals surface area contributed by atoms with Gasteiger partial charge in [0.15, 0.2) is 0 Å². The average Bonchev–Trinajstić information content (AvgIpc) is 2.70. The lowest BCUT2D eigenvalue weighted by Crippen LogP contribution is -2.06. The first-order valence-electron chi connectivity index (χ1n) is 5.12. The summed E-state index contributed by atoms with van der Waals surface area (Å²) in [5, 5.41) is 1.09. The molecule has 1 heterocycles. The number of carbonyl (C=O) groups excluding carboxylic acids is 1. The summed E-state index contributed by atoms with van der Waals surface area (Å²) in [4.78, 5) is 11.1. The molecule has 2 N–H and O–H groups in total. The maximum absolute atomic E-state index is 11.1. The number of methoxy groups -OCH3 is 1. The molecule has 0 saturated carbocycles. The zero-order valence-electron chi connectivity index (χ0n) is 9.14. The van der Waals surface area contributed by atoms with Crippen LogP contribution in [0.3, 0.4) is 0 Å². The Balaban J connectivity index is 2.28. The second-order valence-electron chi connectivity index (χ2n) is 3.62. The lowest BCUT2D eigenvalue weighted by molar-refractivity contribution is -0.140. The molecule has 0 unspecified atom stereocenters. The summed E-state index contributed by atoms with van der Waals surface area (Å²) in [6, 6.07) is 7.77. The molecule has 1 aromatic heterocycles. The van der Waals surface area contributed by atoms with Gasteiger partial charge in [-0.1, -0.05) is 12.1 Å². The maximum Gasteiger partial charge on any atom is 0.307 e. The summed E-state index contributed by atoms with van der Waals surface area (Å²) in [6.45, 7) is 0.588. The molecule has 0 aliphatic heterocycles. The highest BCUT2D eigenvalue weighted by Gasteiger charge is 2.06. The normalized spacial score (nSPS) is 10.6. The molecule has 0 aliphatic carbocycles. The highest BCUT2D eigenvalue weighted by molar-refractivity contribution is 5.90. The quantitative estimate of drug-likeness (QED) is 0.631. The van der Waals surface area contributed by atoms with E-state index in [1.165, 1.54) is 7.11 Å². The van der Waals surface area contributed by atoms with E-state index in [1.807, 2.05) is 35.0 Å². The summed E-state index contributed by atoms with van der Waals surface area (Å²) in [5.41, 5.74) is 7.61. The largest absolute Gasteiger partial charge is 0.469 e. The van der Waals surface area contributed by atoms with Crippen molar-refractivity contribution in [2.75, 3.05) is 12.8 Å². The molecule has 0 bridgehead atoms. The number of nitrogens with two attached hydrogens (primary N) is 1. The van der Waals surface area contributed by atoms with E-state index in [-0.39, 0.29) is 5.97 Å². The number of hydrogen-bond acceptors (Lipinski definition) is 3. The molecular weight excluding hydrogens is 204 g/mol. The van der Waals surface area contributed by atoms with E-state index in [4.69, 9.17) is 5.73 Å². The van der Waals surface area contributed by atoms with Gasteiger partial charge in [0.1, 0.15) is 0 Å². The number of nitrogens with zero attached hydrogens (tertiary/aromatic N) is 1. The molecule has 4 heteroatoms. The van der Waals surface area contributed by atoms with Crippen LogP contribution < -0.4 is 5.73 Å². The molecule has 2 aromatic rings. The third kappa shape index (κ3) is 1.86. The third-order valence-electron chi connectivity index (χ3n) is 2.60. The van der Waals surface area contributed by atoms with E-state index in [9.17, 15) is 4.79 Å². The van der Waals surface area contributed by atoms with Crippen molar-refractivity contribution in [1.29, 1.82) is 0 Å². The van der Waals surface area contributed by atoms with Crippen LogP contribution in [-0.4, -0.2) is 17.6 Å². The predicted octanol–water partition coefficient (Wildman–Crippen LogP) is 1.79. The number of hydrogen-bond donors (Lipinski definition) is 1. The number of esters is 1. The fourth-order valence-corrected chi connectivity index (χ4v) is 1.79. The van der Waals surface area contributed by atoms with Crippen LogP contribution >= 0.6 is 0 Å². The third-order valence-corrected chi connectivity index (χ3v) is 2.60. The van der Waals surface area contributed by atoms with Crippen molar-refractivity contribution in [2.45, 2.75) is 13.0 Å². The van der Waals surface area contributed by atoms with Crippen LogP contribution in [0.2, 0.25) is 0 Å². The molecule has 0 saturated heterocycles. The second-order valence-corrected chi connectivity index (χ2v) is 3.62. The predicted molar refractivity (Wildman–Crippen MR) is 63.0 cm³/mol. The molecule has 1 aromatic carbocycles. The lowest BCUT2D eigenvalue weighted by atomic mass is 10.2. The Morgan fingerprint density at radius 1 is 1.44 bits per heavy atom. The lowest BCUT2D eigenvalue weighted by Gasteiger charge is -2.06. The maximum atomic E-state index is 11.1. The number of benzene rings is 1. The number of aromatic nitrogens is 1. The van der Waals surface area contributed by atoms with Crippen molar-refractivity contribution in [1.82, 2.24) is 4.57 Å². The summed E-state index contributed by atoms with van der Waals surface area (Å²) < 4.78 is 6.58. The Labute approximate surface area is 93.6 Å². The Bertz CT molecular complexity index is 517. The van der Waals surface area contributed by atoms with Crippen LogP contribution in [0.4, 0.5) is 5.69 Å². The monoisotopic (exact) mass is 218 g/mol. The molecular formula is C12H14N2O2. The van der Waals surface area contributed by atoms with Crippen LogP contribution in [-0.2, 0) is 16.1 Å². The standard InChI is InChI=1S/C12H14N2O2/c1-16-11(15)6-8-14-7-5-9-3-2-4-10(13)12(9)14/h2-5,7H,6,8,13H2,1H3. The zero-order valence-corrected chi connectivity index (χ0v) is 9.14. The number of para-hydroxylation sites is 1. The van der Waals surface area contributed by atoms with Gasteiger partial charge in [0, 0.05) is 18.1 Å². The Morgan fingerprint density at radius 2 is 2.25 bits per heavy atom. The summed E-state index contributed by atoms with van der Waals surface area (Å²) >= 11 is 0. The van der Waals surface area contributed by atoms with Gasteiger partial charge in [-0.05, 0) is 12.1 Å². The molecule has 2 rings (SSSR count). The minimum atomic E-state index is -0.212. The summed E-state index contributed by atoms with van der Waals surface area (Å²) in [6.07, 6.45) is 2.29. The first kappa shape index (κ1) is 10.5. The topological polar surface area (TPSA) is 57.2 Å². The van der Waals surface area contributed by atoms with Crippen LogP contribution in [0.25, 0.3) is 10.9 Å². The van der Waals surface area contributed by atoms with Gasteiger partial charge in [0.05, 0.1) is 24.7 Å². The molecule has 0 aliphatic rings. The van der Waals surface area contributed by atoms with E-state index in [0.717, 1.165) is 16.6 Å². The fourth-order valence-electron chi connectivity index (χ4n) is 1.79. The van der Waals surface area contributed by atoms with Gasteiger partial charge >= 0.3 is 5.97 Å². The van der Waals surface area contributed by atoms with E-state index in [0.29, 0.717) is 13.0 Å². The first-order valence-corrected chi connectivity index (χ1v) is 5.12. The fraction of sp³-hybridized carbons (Fsp3) is 0.250. The first-order chi connectivity index (χ1) is 7.72. The number of nitrogen functional groups attached to an aromatic ring is 1. The van der Waals surface area contributed by atoms with Crippen LogP contribution in [0.1, 0.15) is 6.42 Å². The van der Waals surface area contributed by atoms with E-state index in [2.05, 4.69) is 4.74 Å². The molecule has 0 radical (unpaired) electrons. The molecule has 4 nitrogen and oxygen atoms in total. The number of fused-ring (bicyclic) bond motifs is 1. The van der Waals surface area contributed by atoms with Crippen LogP contribution in [0.15, 0.2) is 30.5 Å².